The zero-order chi connectivity index (χ0) is 14.9. The summed E-state index contributed by atoms with van der Waals surface area (Å²) >= 11 is 0. The summed E-state index contributed by atoms with van der Waals surface area (Å²) in [6.07, 6.45) is 9.29. The molecule has 0 fully saturated rings. The Morgan fingerprint density at radius 2 is 2.00 bits per heavy atom. The third-order valence-electron chi connectivity index (χ3n) is 3.96. The monoisotopic (exact) mass is 285 g/mol. The van der Waals surface area contributed by atoms with Crippen molar-refractivity contribution >= 4 is 0 Å². The van der Waals surface area contributed by atoms with E-state index in [9.17, 15) is 0 Å². The zero-order valence-electron chi connectivity index (χ0n) is 13.3. The lowest BCUT2D eigenvalue weighted by Crippen LogP contribution is -2.22. The van der Waals surface area contributed by atoms with Crippen molar-refractivity contribution in [3.8, 4) is 5.69 Å². The molecule has 0 aliphatic heterocycles. The van der Waals surface area contributed by atoms with Crippen molar-refractivity contribution in [1.82, 2.24) is 15.1 Å². The Balaban J connectivity index is 1.80. The Labute approximate surface area is 128 Å². The molecule has 2 aromatic rings. The largest absolute Gasteiger partial charge is 0.312 e. The first-order chi connectivity index (χ1) is 10.3. The molecular weight excluding hydrogens is 258 g/mol. The van der Waals surface area contributed by atoms with Gasteiger partial charge in [-0.1, -0.05) is 51.3 Å². The van der Waals surface area contributed by atoms with Crippen LogP contribution in [-0.4, -0.2) is 16.3 Å². The second-order valence-electron chi connectivity index (χ2n) is 5.68. The fourth-order valence-corrected chi connectivity index (χ4v) is 2.54. The lowest BCUT2D eigenvalue weighted by atomic mass is 9.99. The summed E-state index contributed by atoms with van der Waals surface area (Å²) in [4.78, 5) is 0. The first-order valence-corrected chi connectivity index (χ1v) is 8.13. The molecule has 1 unspecified atom stereocenters. The first-order valence-electron chi connectivity index (χ1n) is 8.13. The third-order valence-corrected chi connectivity index (χ3v) is 3.96. The van der Waals surface area contributed by atoms with E-state index in [1.54, 1.807) is 0 Å². The van der Waals surface area contributed by atoms with Crippen LogP contribution in [0, 0.1) is 5.92 Å². The summed E-state index contributed by atoms with van der Waals surface area (Å²) in [6, 6.07) is 10.2. The van der Waals surface area contributed by atoms with E-state index in [4.69, 9.17) is 0 Å². The normalized spacial score (nSPS) is 12.5. The first kappa shape index (κ1) is 15.8. The smallest absolute Gasteiger partial charge is 0.0645 e. The van der Waals surface area contributed by atoms with Crippen LogP contribution in [0.2, 0.25) is 0 Å². The summed E-state index contributed by atoms with van der Waals surface area (Å²) < 4.78 is 1.94. The number of hydrogen-bond acceptors (Lipinski definition) is 2. The molecule has 1 atom stereocenters. The van der Waals surface area contributed by atoms with Crippen molar-refractivity contribution in [2.75, 3.05) is 6.54 Å². The summed E-state index contributed by atoms with van der Waals surface area (Å²) in [5, 5.41) is 8.00. The molecule has 0 aliphatic rings. The van der Waals surface area contributed by atoms with Crippen LogP contribution < -0.4 is 5.32 Å². The molecule has 0 aliphatic carbocycles. The Morgan fingerprint density at radius 1 is 1.19 bits per heavy atom. The van der Waals surface area contributed by atoms with E-state index in [2.05, 4.69) is 42.6 Å². The third kappa shape index (κ3) is 5.01. The highest BCUT2D eigenvalue weighted by Crippen LogP contribution is 2.12. The second-order valence-corrected chi connectivity index (χ2v) is 5.68. The molecule has 21 heavy (non-hydrogen) atoms. The molecule has 1 N–H and O–H groups in total. The van der Waals surface area contributed by atoms with E-state index < -0.39 is 0 Å². The minimum Gasteiger partial charge on any atom is -0.312 e. The molecule has 1 aromatic heterocycles. The van der Waals surface area contributed by atoms with Gasteiger partial charge < -0.3 is 5.32 Å². The molecule has 3 nitrogen and oxygen atoms in total. The predicted octanol–water partition coefficient (Wildman–Crippen LogP) is 4.18. The highest BCUT2D eigenvalue weighted by atomic mass is 15.3. The number of unbranched alkanes of at least 4 members (excludes halogenated alkanes) is 1. The minimum absolute atomic E-state index is 0.800. The van der Waals surface area contributed by atoms with Crippen molar-refractivity contribution in [3.05, 3.63) is 48.3 Å². The van der Waals surface area contributed by atoms with Crippen molar-refractivity contribution in [3.63, 3.8) is 0 Å². The van der Waals surface area contributed by atoms with E-state index in [0.29, 0.717) is 0 Å². The number of rotatable bonds is 9. The van der Waals surface area contributed by atoms with Gasteiger partial charge in [-0.15, -0.1) is 0 Å². The molecule has 114 valence electrons. The Hall–Kier alpha value is -1.61. The second kappa shape index (κ2) is 8.63. The number of nitrogens with one attached hydrogen (secondary N) is 1. The molecule has 0 saturated heterocycles. The van der Waals surface area contributed by atoms with Crippen molar-refractivity contribution in [2.45, 2.75) is 46.1 Å². The lowest BCUT2D eigenvalue weighted by Gasteiger charge is -2.14. The zero-order valence-corrected chi connectivity index (χ0v) is 13.3. The Bertz CT molecular complexity index is 504. The topological polar surface area (TPSA) is 29.9 Å². The number of para-hydroxylation sites is 1. The predicted molar refractivity (Wildman–Crippen MR) is 88.6 cm³/mol. The van der Waals surface area contributed by atoms with E-state index in [0.717, 1.165) is 24.7 Å². The number of nitrogens with zero attached hydrogens (tertiary/aromatic N) is 2. The summed E-state index contributed by atoms with van der Waals surface area (Å²) in [5.74, 6) is 0.800. The highest BCUT2D eigenvalue weighted by molar-refractivity contribution is 5.30. The molecule has 1 aromatic carbocycles. The van der Waals surface area contributed by atoms with Gasteiger partial charge in [0.25, 0.3) is 0 Å². The molecule has 0 spiro atoms. The van der Waals surface area contributed by atoms with Gasteiger partial charge in [-0.25, -0.2) is 4.68 Å². The van der Waals surface area contributed by atoms with Gasteiger partial charge >= 0.3 is 0 Å². The average Bonchev–Trinajstić information content (AvgIpc) is 3.00. The lowest BCUT2D eigenvalue weighted by molar-refractivity contribution is 0.419. The van der Waals surface area contributed by atoms with Gasteiger partial charge in [0.1, 0.15) is 0 Å². The van der Waals surface area contributed by atoms with Crippen molar-refractivity contribution in [2.24, 2.45) is 5.92 Å². The van der Waals surface area contributed by atoms with Crippen LogP contribution in [0.4, 0.5) is 0 Å². The highest BCUT2D eigenvalue weighted by Gasteiger charge is 2.06. The van der Waals surface area contributed by atoms with Crippen LogP contribution in [0.1, 0.15) is 45.1 Å². The Morgan fingerprint density at radius 3 is 2.71 bits per heavy atom. The minimum atomic E-state index is 0.800. The van der Waals surface area contributed by atoms with Crippen LogP contribution in [0.5, 0.6) is 0 Å². The van der Waals surface area contributed by atoms with E-state index >= 15 is 0 Å². The van der Waals surface area contributed by atoms with E-state index in [1.807, 2.05) is 29.1 Å². The van der Waals surface area contributed by atoms with Gasteiger partial charge in [-0.2, -0.15) is 5.10 Å². The van der Waals surface area contributed by atoms with E-state index in [-0.39, 0.29) is 0 Å². The molecule has 0 saturated carbocycles. The molecule has 2 rings (SSSR count). The maximum absolute atomic E-state index is 4.43. The Kier molecular flexibility index (Phi) is 6.48. The molecular formula is C18H27N3. The van der Waals surface area contributed by atoms with Crippen LogP contribution in [0.3, 0.4) is 0 Å². The standard InChI is InChI=1S/C18H27N3/c1-3-5-9-16(4-2)12-19-13-17-14-20-21(15-17)18-10-7-6-8-11-18/h6-8,10-11,14-16,19H,3-5,9,12-13H2,1-2H3. The van der Waals surface area contributed by atoms with Gasteiger partial charge in [-0.05, 0) is 31.0 Å². The number of hydrogen-bond donors (Lipinski definition) is 1. The molecule has 0 radical (unpaired) electrons. The van der Waals surface area contributed by atoms with Crippen LogP contribution in [-0.2, 0) is 6.54 Å². The van der Waals surface area contributed by atoms with Gasteiger partial charge in [0.05, 0.1) is 11.9 Å². The number of aromatic nitrogens is 2. The van der Waals surface area contributed by atoms with Crippen molar-refractivity contribution in [1.29, 1.82) is 0 Å². The van der Waals surface area contributed by atoms with Crippen LogP contribution >= 0.6 is 0 Å². The van der Waals surface area contributed by atoms with E-state index in [1.165, 1.54) is 31.2 Å². The van der Waals surface area contributed by atoms with Gasteiger partial charge in [0.15, 0.2) is 0 Å². The van der Waals surface area contributed by atoms with Crippen LogP contribution in [0.25, 0.3) is 5.69 Å². The molecule has 3 heteroatoms. The maximum atomic E-state index is 4.43. The fourth-order valence-electron chi connectivity index (χ4n) is 2.54. The summed E-state index contributed by atoms with van der Waals surface area (Å²) in [6.45, 7) is 6.55. The quantitative estimate of drug-likeness (QED) is 0.749. The average molecular weight is 285 g/mol. The van der Waals surface area contributed by atoms with Gasteiger partial charge in [0.2, 0.25) is 0 Å². The SMILES string of the molecule is CCCCC(CC)CNCc1cnn(-c2ccccc2)c1. The summed E-state index contributed by atoms with van der Waals surface area (Å²) in [5.41, 5.74) is 2.35. The van der Waals surface area contributed by atoms with Gasteiger partial charge in [0, 0.05) is 18.3 Å². The molecule has 1 heterocycles. The number of benzene rings is 1. The van der Waals surface area contributed by atoms with Gasteiger partial charge in [-0.3, -0.25) is 0 Å². The fraction of sp³-hybridized carbons (Fsp3) is 0.500. The summed E-state index contributed by atoms with van der Waals surface area (Å²) in [7, 11) is 0. The maximum Gasteiger partial charge on any atom is 0.0645 e. The molecule has 0 bridgehead atoms. The van der Waals surface area contributed by atoms with Crippen LogP contribution in [0.15, 0.2) is 42.7 Å². The van der Waals surface area contributed by atoms with Crippen molar-refractivity contribution < 1.29 is 0 Å². The molecule has 0 amide bonds.